The summed E-state index contributed by atoms with van der Waals surface area (Å²) in [7, 11) is 5.48. The zero-order valence-electron chi connectivity index (χ0n) is 6.93. The number of Topliss-reactive ketones (excluding diaryl/α,β-unsaturated/α-hetero) is 1. The van der Waals surface area contributed by atoms with Crippen LogP contribution in [-0.2, 0) is 4.79 Å². The van der Waals surface area contributed by atoms with Gasteiger partial charge in [0.15, 0.2) is 5.78 Å². The standard InChI is InChI=1S/C7H14N2O/c1-6(10)7(8-2)5-9(3)4/h5,8H,1-4H3. The maximum Gasteiger partial charge on any atom is 0.177 e. The fourth-order valence-electron chi connectivity index (χ4n) is 0.590. The van der Waals surface area contributed by atoms with Gasteiger partial charge in [-0.1, -0.05) is 0 Å². The van der Waals surface area contributed by atoms with E-state index in [1.807, 2.05) is 19.0 Å². The number of carbonyl (C=O) groups is 1. The van der Waals surface area contributed by atoms with Gasteiger partial charge in [-0.2, -0.15) is 0 Å². The summed E-state index contributed by atoms with van der Waals surface area (Å²) in [5.74, 6) is 0.0520. The molecule has 0 saturated heterocycles. The predicted molar refractivity (Wildman–Crippen MR) is 41.5 cm³/mol. The van der Waals surface area contributed by atoms with Crippen molar-refractivity contribution in [3.8, 4) is 0 Å². The van der Waals surface area contributed by atoms with Crippen LogP contribution in [0.3, 0.4) is 0 Å². The average Bonchev–Trinajstić information content (AvgIpc) is 1.81. The van der Waals surface area contributed by atoms with Crippen LogP contribution in [0.5, 0.6) is 0 Å². The molecule has 10 heavy (non-hydrogen) atoms. The van der Waals surface area contributed by atoms with E-state index < -0.39 is 0 Å². The Hall–Kier alpha value is -0.990. The molecule has 0 bridgehead atoms. The molecule has 0 amide bonds. The lowest BCUT2D eigenvalue weighted by Crippen LogP contribution is -2.17. The van der Waals surface area contributed by atoms with Gasteiger partial charge in [-0.25, -0.2) is 0 Å². The highest BCUT2D eigenvalue weighted by molar-refractivity contribution is 5.92. The van der Waals surface area contributed by atoms with Crippen LogP contribution in [0.4, 0.5) is 0 Å². The molecule has 0 aliphatic heterocycles. The first-order chi connectivity index (χ1) is 4.57. The van der Waals surface area contributed by atoms with Crippen LogP contribution >= 0.6 is 0 Å². The highest BCUT2D eigenvalue weighted by Crippen LogP contribution is 1.90. The van der Waals surface area contributed by atoms with E-state index in [9.17, 15) is 4.79 Å². The number of nitrogens with zero attached hydrogens (tertiary/aromatic N) is 1. The Kier molecular flexibility index (Phi) is 3.54. The molecule has 3 nitrogen and oxygen atoms in total. The summed E-state index contributed by atoms with van der Waals surface area (Å²) in [6, 6.07) is 0. The molecular weight excluding hydrogens is 128 g/mol. The SMILES string of the molecule is CNC(=CN(C)C)C(C)=O. The second-order valence-electron chi connectivity index (χ2n) is 2.31. The van der Waals surface area contributed by atoms with E-state index in [2.05, 4.69) is 5.32 Å². The molecule has 0 rings (SSSR count). The van der Waals surface area contributed by atoms with Crippen LogP contribution < -0.4 is 5.32 Å². The summed E-state index contributed by atoms with van der Waals surface area (Å²) < 4.78 is 0. The van der Waals surface area contributed by atoms with Gasteiger partial charge in [0.25, 0.3) is 0 Å². The van der Waals surface area contributed by atoms with Gasteiger partial charge in [0.2, 0.25) is 0 Å². The van der Waals surface area contributed by atoms with E-state index in [0.29, 0.717) is 5.70 Å². The number of allylic oxidation sites excluding steroid dienone is 1. The maximum atomic E-state index is 10.8. The quantitative estimate of drug-likeness (QED) is 0.571. The van der Waals surface area contributed by atoms with Crippen molar-refractivity contribution in [2.75, 3.05) is 21.1 Å². The monoisotopic (exact) mass is 142 g/mol. The smallest absolute Gasteiger partial charge is 0.177 e. The molecule has 0 aromatic carbocycles. The number of rotatable bonds is 3. The third kappa shape index (κ3) is 3.12. The van der Waals surface area contributed by atoms with Gasteiger partial charge in [-0.3, -0.25) is 4.79 Å². The highest BCUT2D eigenvalue weighted by Gasteiger charge is 1.98. The molecule has 58 valence electrons. The molecule has 0 saturated carbocycles. The first-order valence-electron chi connectivity index (χ1n) is 3.15. The first-order valence-corrected chi connectivity index (χ1v) is 3.15. The summed E-state index contributed by atoms with van der Waals surface area (Å²) in [4.78, 5) is 12.6. The van der Waals surface area contributed by atoms with Crippen LogP contribution in [-0.4, -0.2) is 31.8 Å². The Morgan fingerprint density at radius 2 is 2.00 bits per heavy atom. The van der Waals surface area contributed by atoms with Gasteiger partial charge in [0.1, 0.15) is 0 Å². The van der Waals surface area contributed by atoms with Crippen LogP contribution in [0.1, 0.15) is 6.92 Å². The Morgan fingerprint density at radius 3 is 2.10 bits per heavy atom. The number of hydrogen-bond donors (Lipinski definition) is 1. The minimum atomic E-state index is 0.0520. The molecule has 0 aromatic rings. The topological polar surface area (TPSA) is 32.3 Å². The normalized spacial score (nSPS) is 11.0. The van der Waals surface area contributed by atoms with Crippen LogP contribution in [0.25, 0.3) is 0 Å². The van der Waals surface area contributed by atoms with Gasteiger partial charge < -0.3 is 10.2 Å². The molecule has 0 atom stereocenters. The van der Waals surface area contributed by atoms with E-state index in [0.717, 1.165) is 0 Å². The van der Waals surface area contributed by atoms with Crippen molar-refractivity contribution in [2.45, 2.75) is 6.92 Å². The minimum absolute atomic E-state index is 0.0520. The summed E-state index contributed by atoms with van der Waals surface area (Å²) >= 11 is 0. The van der Waals surface area contributed by atoms with Crippen LogP contribution in [0.15, 0.2) is 11.9 Å². The van der Waals surface area contributed by atoms with Crippen molar-refractivity contribution in [1.82, 2.24) is 10.2 Å². The van der Waals surface area contributed by atoms with Crippen molar-refractivity contribution < 1.29 is 4.79 Å². The molecule has 0 aliphatic carbocycles. The molecule has 0 fully saturated rings. The van der Waals surface area contributed by atoms with Gasteiger partial charge in [-0.15, -0.1) is 0 Å². The molecule has 1 N–H and O–H groups in total. The summed E-state index contributed by atoms with van der Waals surface area (Å²) in [6.07, 6.45) is 1.75. The number of ketones is 1. The second-order valence-corrected chi connectivity index (χ2v) is 2.31. The van der Waals surface area contributed by atoms with E-state index in [1.54, 1.807) is 13.2 Å². The van der Waals surface area contributed by atoms with Gasteiger partial charge >= 0.3 is 0 Å². The van der Waals surface area contributed by atoms with Crippen molar-refractivity contribution in [3.05, 3.63) is 11.9 Å². The maximum absolute atomic E-state index is 10.8. The number of hydrogen-bond acceptors (Lipinski definition) is 3. The summed E-state index contributed by atoms with van der Waals surface area (Å²) in [6.45, 7) is 1.53. The molecule has 0 aromatic heterocycles. The molecule has 0 aliphatic rings. The first kappa shape index (κ1) is 9.01. The molecular formula is C7H14N2O. The van der Waals surface area contributed by atoms with Crippen molar-refractivity contribution >= 4 is 5.78 Å². The predicted octanol–water partition coefficient (Wildman–Crippen LogP) is 0.198. The molecule has 0 radical (unpaired) electrons. The summed E-state index contributed by atoms with van der Waals surface area (Å²) in [5.41, 5.74) is 0.630. The van der Waals surface area contributed by atoms with E-state index >= 15 is 0 Å². The van der Waals surface area contributed by atoms with Crippen molar-refractivity contribution in [3.63, 3.8) is 0 Å². The zero-order valence-corrected chi connectivity index (χ0v) is 6.93. The fraction of sp³-hybridized carbons (Fsp3) is 0.571. The van der Waals surface area contributed by atoms with E-state index in [4.69, 9.17) is 0 Å². The molecule has 3 heteroatoms. The largest absolute Gasteiger partial charge is 0.384 e. The Balaban J connectivity index is 4.19. The summed E-state index contributed by atoms with van der Waals surface area (Å²) in [5, 5.41) is 2.80. The van der Waals surface area contributed by atoms with E-state index in [-0.39, 0.29) is 5.78 Å². The van der Waals surface area contributed by atoms with Crippen LogP contribution in [0, 0.1) is 0 Å². The second kappa shape index (κ2) is 3.93. The number of nitrogens with one attached hydrogen (secondary N) is 1. The van der Waals surface area contributed by atoms with Gasteiger partial charge in [0, 0.05) is 34.3 Å². The zero-order chi connectivity index (χ0) is 8.15. The lowest BCUT2D eigenvalue weighted by atomic mass is 10.3. The van der Waals surface area contributed by atoms with Crippen molar-refractivity contribution in [2.24, 2.45) is 0 Å². The van der Waals surface area contributed by atoms with Crippen LogP contribution in [0.2, 0.25) is 0 Å². The molecule has 0 unspecified atom stereocenters. The Labute approximate surface area is 61.7 Å². The van der Waals surface area contributed by atoms with Gasteiger partial charge in [-0.05, 0) is 0 Å². The Morgan fingerprint density at radius 1 is 1.50 bits per heavy atom. The molecule has 0 heterocycles. The Bertz CT molecular complexity index is 150. The number of likely N-dealkylation sites (N-methyl/N-ethyl adjacent to an activating group) is 1. The third-order valence-electron chi connectivity index (χ3n) is 1.04. The van der Waals surface area contributed by atoms with Crippen molar-refractivity contribution in [1.29, 1.82) is 0 Å². The fourth-order valence-corrected chi connectivity index (χ4v) is 0.590. The lowest BCUT2D eigenvalue weighted by molar-refractivity contribution is -0.114. The van der Waals surface area contributed by atoms with Gasteiger partial charge in [0.05, 0.1) is 5.70 Å². The minimum Gasteiger partial charge on any atom is -0.384 e. The molecule has 0 spiro atoms. The third-order valence-corrected chi connectivity index (χ3v) is 1.04. The highest BCUT2D eigenvalue weighted by atomic mass is 16.1. The average molecular weight is 142 g/mol. The number of carbonyl (C=O) groups excluding carboxylic acids is 1. The lowest BCUT2D eigenvalue weighted by Gasteiger charge is -2.08. The van der Waals surface area contributed by atoms with E-state index in [1.165, 1.54) is 6.92 Å².